The standard InChI is InChI=1S/C11H12O2S/c1-8(11(13)14)7-10(12)9-5-3-2-4-6-9/h2-6,8H,7H2,1H3,(H,13,14)/t8-/m0/s1. The van der Waals surface area contributed by atoms with Gasteiger partial charge in [0.1, 0.15) is 0 Å². The van der Waals surface area contributed by atoms with Crippen LogP contribution in [0.2, 0.25) is 0 Å². The van der Waals surface area contributed by atoms with Gasteiger partial charge >= 0.3 is 0 Å². The first-order valence-electron chi connectivity index (χ1n) is 4.42. The first-order valence-corrected chi connectivity index (χ1v) is 4.87. The molecule has 0 aliphatic heterocycles. The minimum atomic E-state index is -0.314. The maximum absolute atomic E-state index is 11.6. The lowest BCUT2D eigenvalue weighted by Gasteiger charge is -2.05. The van der Waals surface area contributed by atoms with Crippen molar-refractivity contribution in [1.82, 2.24) is 0 Å². The fraction of sp³-hybridized carbons (Fsp3) is 0.273. The van der Waals surface area contributed by atoms with E-state index in [4.69, 9.17) is 0 Å². The zero-order valence-corrected chi connectivity index (χ0v) is 8.83. The fourth-order valence-corrected chi connectivity index (χ4v) is 1.20. The Balaban J connectivity index is 2.64. The van der Waals surface area contributed by atoms with Crippen LogP contribution in [0.5, 0.6) is 0 Å². The Morgan fingerprint density at radius 1 is 1.29 bits per heavy atom. The lowest BCUT2D eigenvalue weighted by Crippen LogP contribution is -2.11. The Morgan fingerprint density at radius 2 is 1.86 bits per heavy atom. The van der Waals surface area contributed by atoms with Crippen molar-refractivity contribution in [2.45, 2.75) is 13.3 Å². The minimum absolute atomic E-state index is 0.0134. The van der Waals surface area contributed by atoms with Crippen LogP contribution in [0.1, 0.15) is 23.7 Å². The first kappa shape index (κ1) is 11.0. The molecule has 1 rings (SSSR count). The first-order chi connectivity index (χ1) is 6.61. The molecule has 1 aromatic rings. The highest BCUT2D eigenvalue weighted by molar-refractivity contribution is 7.96. The van der Waals surface area contributed by atoms with Crippen LogP contribution in [0.3, 0.4) is 0 Å². The van der Waals surface area contributed by atoms with Crippen LogP contribution in [0, 0.1) is 5.92 Å². The topological polar surface area (TPSA) is 34.1 Å². The maximum Gasteiger partial charge on any atom is 0.189 e. The average Bonchev–Trinajstić information content (AvgIpc) is 2.19. The van der Waals surface area contributed by atoms with Gasteiger partial charge in [0.05, 0.1) is 0 Å². The second kappa shape index (κ2) is 4.96. The monoisotopic (exact) mass is 208 g/mol. The molecule has 0 bridgehead atoms. The number of hydrogen-bond donors (Lipinski definition) is 1. The second-order valence-corrected chi connectivity index (χ2v) is 3.67. The largest absolute Gasteiger partial charge is 0.294 e. The molecule has 0 fully saturated rings. The van der Waals surface area contributed by atoms with E-state index in [1.807, 2.05) is 6.07 Å². The average molecular weight is 208 g/mol. The molecule has 0 heterocycles. The van der Waals surface area contributed by atoms with Gasteiger partial charge in [0.2, 0.25) is 0 Å². The van der Waals surface area contributed by atoms with Gasteiger partial charge in [0, 0.05) is 17.9 Å². The summed E-state index contributed by atoms with van der Waals surface area (Å²) in [7, 11) is 0. The third-order valence-electron chi connectivity index (χ3n) is 2.01. The molecule has 0 aliphatic carbocycles. The van der Waals surface area contributed by atoms with Crippen LogP contribution in [0.15, 0.2) is 30.3 Å². The van der Waals surface area contributed by atoms with Gasteiger partial charge in [-0.15, -0.1) is 12.6 Å². The summed E-state index contributed by atoms with van der Waals surface area (Å²) >= 11 is 3.69. The molecule has 1 atom stereocenters. The van der Waals surface area contributed by atoms with Gasteiger partial charge in [-0.1, -0.05) is 37.3 Å². The van der Waals surface area contributed by atoms with Crippen molar-refractivity contribution < 1.29 is 9.59 Å². The summed E-state index contributed by atoms with van der Waals surface area (Å²) in [6.07, 6.45) is 0.229. The Bertz CT molecular complexity index is 332. The van der Waals surface area contributed by atoms with Crippen LogP contribution in [0.4, 0.5) is 0 Å². The van der Waals surface area contributed by atoms with E-state index in [0.717, 1.165) is 0 Å². The fourth-order valence-electron chi connectivity index (χ4n) is 1.11. The smallest absolute Gasteiger partial charge is 0.189 e. The summed E-state index contributed by atoms with van der Waals surface area (Å²) in [6.45, 7) is 1.70. The highest BCUT2D eigenvalue weighted by Crippen LogP contribution is 2.11. The Labute approximate surface area is 88.7 Å². The van der Waals surface area contributed by atoms with Gasteiger partial charge in [-0.25, -0.2) is 0 Å². The molecule has 2 nitrogen and oxygen atoms in total. The van der Waals surface area contributed by atoms with E-state index in [2.05, 4.69) is 12.6 Å². The summed E-state index contributed by atoms with van der Waals surface area (Å²) in [4.78, 5) is 22.4. The van der Waals surface area contributed by atoms with Crippen molar-refractivity contribution in [3.8, 4) is 0 Å². The quantitative estimate of drug-likeness (QED) is 0.608. The third kappa shape index (κ3) is 3.00. The number of benzene rings is 1. The van der Waals surface area contributed by atoms with Gasteiger partial charge < -0.3 is 0 Å². The molecule has 1 aromatic carbocycles. The Hall–Kier alpha value is -1.09. The van der Waals surface area contributed by atoms with Gasteiger partial charge in [-0.2, -0.15) is 0 Å². The zero-order valence-electron chi connectivity index (χ0n) is 7.93. The van der Waals surface area contributed by atoms with Crippen molar-refractivity contribution in [3.63, 3.8) is 0 Å². The number of carbonyl (C=O) groups is 2. The van der Waals surface area contributed by atoms with Crippen LogP contribution >= 0.6 is 12.6 Å². The summed E-state index contributed by atoms with van der Waals surface area (Å²) in [5.41, 5.74) is 0.647. The summed E-state index contributed by atoms with van der Waals surface area (Å²) in [6, 6.07) is 8.96. The summed E-state index contributed by atoms with van der Waals surface area (Å²) < 4.78 is 0. The molecule has 14 heavy (non-hydrogen) atoms. The molecule has 0 aromatic heterocycles. The van der Waals surface area contributed by atoms with Crippen LogP contribution in [-0.2, 0) is 4.79 Å². The van der Waals surface area contributed by atoms with Crippen LogP contribution < -0.4 is 0 Å². The summed E-state index contributed by atoms with van der Waals surface area (Å²) in [5, 5.41) is -0.241. The van der Waals surface area contributed by atoms with E-state index in [1.54, 1.807) is 31.2 Å². The molecule has 0 unspecified atom stereocenters. The number of ketones is 1. The normalized spacial score (nSPS) is 12.1. The lowest BCUT2D eigenvalue weighted by molar-refractivity contribution is -0.113. The van der Waals surface area contributed by atoms with E-state index in [1.165, 1.54) is 0 Å². The third-order valence-corrected chi connectivity index (χ3v) is 2.45. The van der Waals surface area contributed by atoms with Crippen LogP contribution in [0.25, 0.3) is 0 Å². The van der Waals surface area contributed by atoms with Gasteiger partial charge in [-0.3, -0.25) is 9.59 Å². The second-order valence-electron chi connectivity index (χ2n) is 3.23. The predicted octanol–water partition coefficient (Wildman–Crippen LogP) is 2.35. The Kier molecular flexibility index (Phi) is 3.89. The van der Waals surface area contributed by atoms with Crippen molar-refractivity contribution in [1.29, 1.82) is 0 Å². The molecule has 74 valence electrons. The van der Waals surface area contributed by atoms with Crippen molar-refractivity contribution in [2.75, 3.05) is 0 Å². The van der Waals surface area contributed by atoms with Crippen molar-refractivity contribution in [3.05, 3.63) is 35.9 Å². The van der Waals surface area contributed by atoms with Crippen molar-refractivity contribution in [2.24, 2.45) is 5.92 Å². The molecule has 0 N–H and O–H groups in total. The Morgan fingerprint density at radius 3 is 2.36 bits per heavy atom. The van der Waals surface area contributed by atoms with Gasteiger partial charge in [0.15, 0.2) is 10.9 Å². The summed E-state index contributed by atoms with van der Waals surface area (Å²) in [5.74, 6) is -0.327. The number of Topliss-reactive ketones (excluding diaryl/α,β-unsaturated/α-hetero) is 1. The highest BCUT2D eigenvalue weighted by atomic mass is 32.1. The molecule has 0 spiro atoms. The molecule has 3 heteroatoms. The van der Waals surface area contributed by atoms with Crippen LogP contribution in [-0.4, -0.2) is 10.9 Å². The molecule has 0 radical (unpaired) electrons. The SMILES string of the molecule is C[C@@H](CC(=O)c1ccccc1)C(=O)S. The van der Waals surface area contributed by atoms with Crippen molar-refractivity contribution >= 4 is 23.5 Å². The molecular weight excluding hydrogens is 196 g/mol. The molecule has 0 aliphatic rings. The molecule has 0 saturated heterocycles. The maximum atomic E-state index is 11.6. The number of hydrogen-bond acceptors (Lipinski definition) is 2. The molecular formula is C11H12O2S. The minimum Gasteiger partial charge on any atom is -0.294 e. The highest BCUT2D eigenvalue weighted by Gasteiger charge is 2.14. The molecule has 0 amide bonds. The van der Waals surface area contributed by atoms with E-state index < -0.39 is 0 Å². The number of carbonyl (C=O) groups excluding carboxylic acids is 2. The predicted molar refractivity (Wildman–Crippen MR) is 58.5 cm³/mol. The van der Waals surface area contributed by atoms with E-state index in [0.29, 0.717) is 5.56 Å². The molecule has 0 saturated carbocycles. The van der Waals surface area contributed by atoms with E-state index in [9.17, 15) is 9.59 Å². The van der Waals surface area contributed by atoms with Gasteiger partial charge in [0.25, 0.3) is 0 Å². The number of thiol groups is 1. The lowest BCUT2D eigenvalue weighted by atomic mass is 10.0. The van der Waals surface area contributed by atoms with Gasteiger partial charge in [-0.05, 0) is 0 Å². The zero-order chi connectivity index (χ0) is 10.6. The number of rotatable bonds is 4. The van der Waals surface area contributed by atoms with E-state index >= 15 is 0 Å². The van der Waals surface area contributed by atoms with E-state index in [-0.39, 0.29) is 23.2 Å².